The number of likely N-dealkylation sites (tertiary alicyclic amines) is 1. The third kappa shape index (κ3) is 2.33. The number of amides is 1. The highest BCUT2D eigenvalue weighted by Gasteiger charge is 2.38. The molecule has 1 aromatic rings. The van der Waals surface area contributed by atoms with E-state index in [-0.39, 0.29) is 23.0 Å². The standard InChI is InChI=1S/C13H15NO5/c1-7(13(18)19)8-5-14(6-8)12(17)11-9(15)3-2-4-10(11)16/h2-4,7-8,15-16H,5-6H2,1H3,(H,18,19). The van der Waals surface area contributed by atoms with E-state index in [1.54, 1.807) is 6.92 Å². The number of aromatic hydroxyl groups is 2. The minimum absolute atomic E-state index is 0.0885. The van der Waals surface area contributed by atoms with Gasteiger partial charge in [-0.15, -0.1) is 0 Å². The average Bonchev–Trinajstić information content (AvgIpc) is 2.26. The fraction of sp³-hybridized carbons (Fsp3) is 0.385. The lowest BCUT2D eigenvalue weighted by molar-refractivity contribution is -0.144. The number of carboxylic acids is 1. The zero-order chi connectivity index (χ0) is 14.2. The van der Waals surface area contributed by atoms with Crippen LogP contribution in [-0.4, -0.2) is 45.2 Å². The predicted molar refractivity (Wildman–Crippen MR) is 66.0 cm³/mol. The van der Waals surface area contributed by atoms with Crippen LogP contribution in [0.4, 0.5) is 0 Å². The van der Waals surface area contributed by atoms with Crippen molar-refractivity contribution in [2.45, 2.75) is 6.92 Å². The molecule has 1 heterocycles. The molecule has 1 amide bonds. The molecule has 1 aliphatic heterocycles. The summed E-state index contributed by atoms with van der Waals surface area (Å²) >= 11 is 0. The molecule has 3 N–H and O–H groups in total. The summed E-state index contributed by atoms with van der Waals surface area (Å²) < 4.78 is 0. The van der Waals surface area contributed by atoms with E-state index < -0.39 is 17.8 Å². The van der Waals surface area contributed by atoms with Crippen LogP contribution in [0.1, 0.15) is 17.3 Å². The van der Waals surface area contributed by atoms with Gasteiger partial charge in [0.1, 0.15) is 17.1 Å². The van der Waals surface area contributed by atoms with Gasteiger partial charge in [0.2, 0.25) is 0 Å². The first-order valence-corrected chi connectivity index (χ1v) is 5.95. The molecule has 0 bridgehead atoms. The quantitative estimate of drug-likeness (QED) is 0.754. The van der Waals surface area contributed by atoms with E-state index in [9.17, 15) is 19.8 Å². The Labute approximate surface area is 109 Å². The van der Waals surface area contributed by atoms with Gasteiger partial charge in [0.25, 0.3) is 5.91 Å². The first-order chi connectivity index (χ1) is 8.91. The molecule has 0 spiro atoms. The second-order valence-corrected chi connectivity index (χ2v) is 4.77. The highest BCUT2D eigenvalue weighted by atomic mass is 16.4. The van der Waals surface area contributed by atoms with E-state index in [4.69, 9.17) is 5.11 Å². The van der Waals surface area contributed by atoms with E-state index in [1.165, 1.54) is 23.1 Å². The largest absolute Gasteiger partial charge is 0.507 e. The molecule has 1 atom stereocenters. The summed E-state index contributed by atoms with van der Waals surface area (Å²) in [5, 5.41) is 28.0. The summed E-state index contributed by atoms with van der Waals surface area (Å²) in [6, 6.07) is 4.08. The SMILES string of the molecule is CC(C(=O)O)C1CN(C(=O)c2c(O)cccc2O)C1. The van der Waals surface area contributed by atoms with Gasteiger partial charge in [-0.1, -0.05) is 13.0 Å². The average molecular weight is 265 g/mol. The highest BCUT2D eigenvalue weighted by molar-refractivity contribution is 5.99. The number of carbonyl (C=O) groups excluding carboxylic acids is 1. The molecule has 19 heavy (non-hydrogen) atoms. The third-order valence-electron chi connectivity index (χ3n) is 3.53. The van der Waals surface area contributed by atoms with Crippen molar-refractivity contribution in [3.8, 4) is 11.5 Å². The van der Waals surface area contributed by atoms with Gasteiger partial charge >= 0.3 is 5.97 Å². The van der Waals surface area contributed by atoms with Crippen molar-refractivity contribution in [3.63, 3.8) is 0 Å². The molecule has 102 valence electrons. The van der Waals surface area contributed by atoms with Crippen LogP contribution in [0.25, 0.3) is 0 Å². The molecule has 2 rings (SSSR count). The van der Waals surface area contributed by atoms with Crippen LogP contribution in [-0.2, 0) is 4.79 Å². The Kier molecular flexibility index (Phi) is 3.33. The minimum atomic E-state index is -0.887. The number of carbonyl (C=O) groups is 2. The maximum atomic E-state index is 12.1. The van der Waals surface area contributed by atoms with Crippen molar-refractivity contribution < 1.29 is 24.9 Å². The van der Waals surface area contributed by atoms with Crippen molar-refractivity contribution in [1.29, 1.82) is 0 Å². The Morgan fingerprint density at radius 2 is 1.79 bits per heavy atom. The maximum Gasteiger partial charge on any atom is 0.306 e. The van der Waals surface area contributed by atoms with E-state index in [2.05, 4.69) is 0 Å². The number of hydrogen-bond donors (Lipinski definition) is 3. The summed E-state index contributed by atoms with van der Waals surface area (Å²) in [7, 11) is 0. The Balaban J connectivity index is 2.06. The molecule has 0 saturated carbocycles. The lowest BCUT2D eigenvalue weighted by atomic mass is 9.86. The van der Waals surface area contributed by atoms with Crippen LogP contribution in [0.3, 0.4) is 0 Å². The maximum absolute atomic E-state index is 12.1. The Morgan fingerprint density at radius 1 is 1.26 bits per heavy atom. The predicted octanol–water partition coefficient (Wildman–Crippen LogP) is 0.890. The van der Waals surface area contributed by atoms with Crippen LogP contribution >= 0.6 is 0 Å². The number of benzene rings is 1. The molecule has 1 aromatic carbocycles. The monoisotopic (exact) mass is 265 g/mol. The molecule has 1 saturated heterocycles. The fourth-order valence-corrected chi connectivity index (χ4v) is 2.10. The number of aliphatic carboxylic acids is 1. The summed E-state index contributed by atoms with van der Waals surface area (Å²) in [6.45, 7) is 2.24. The number of phenols is 2. The number of rotatable bonds is 3. The van der Waals surface area contributed by atoms with Gasteiger partial charge in [-0.25, -0.2) is 0 Å². The topological polar surface area (TPSA) is 98.1 Å². The molecule has 1 unspecified atom stereocenters. The lowest BCUT2D eigenvalue weighted by Crippen LogP contribution is -2.53. The summed E-state index contributed by atoms with van der Waals surface area (Å²) in [5.41, 5.74) is -0.135. The summed E-state index contributed by atoms with van der Waals surface area (Å²) in [4.78, 5) is 24.3. The molecule has 6 nitrogen and oxygen atoms in total. The van der Waals surface area contributed by atoms with Crippen LogP contribution in [0.2, 0.25) is 0 Å². The van der Waals surface area contributed by atoms with Gasteiger partial charge in [0.05, 0.1) is 5.92 Å². The van der Waals surface area contributed by atoms with Gasteiger partial charge in [-0.3, -0.25) is 9.59 Å². The van der Waals surface area contributed by atoms with Gasteiger partial charge in [0.15, 0.2) is 0 Å². The smallest absolute Gasteiger partial charge is 0.306 e. The Morgan fingerprint density at radius 3 is 2.26 bits per heavy atom. The molecule has 1 aliphatic rings. The van der Waals surface area contributed by atoms with Crippen LogP contribution in [0.5, 0.6) is 11.5 Å². The highest BCUT2D eigenvalue weighted by Crippen LogP contribution is 2.32. The first kappa shape index (κ1) is 13.2. The molecule has 0 aromatic heterocycles. The number of carboxylic acid groups (broad SMARTS) is 1. The van der Waals surface area contributed by atoms with E-state index in [0.717, 1.165) is 0 Å². The minimum Gasteiger partial charge on any atom is -0.507 e. The Hall–Kier alpha value is -2.24. The second-order valence-electron chi connectivity index (χ2n) is 4.77. The summed E-state index contributed by atoms with van der Waals surface area (Å²) in [6.07, 6.45) is 0. The fourth-order valence-electron chi connectivity index (χ4n) is 2.10. The molecular formula is C13H15NO5. The zero-order valence-electron chi connectivity index (χ0n) is 10.4. The molecular weight excluding hydrogens is 250 g/mol. The number of phenolic OH excluding ortho intramolecular Hbond substituents is 2. The van der Waals surface area contributed by atoms with Gasteiger partial charge in [-0.2, -0.15) is 0 Å². The van der Waals surface area contributed by atoms with Crippen LogP contribution < -0.4 is 0 Å². The van der Waals surface area contributed by atoms with Gasteiger partial charge in [0, 0.05) is 19.0 Å². The van der Waals surface area contributed by atoms with Crippen LogP contribution in [0.15, 0.2) is 18.2 Å². The Bertz CT molecular complexity index is 502. The number of hydrogen-bond acceptors (Lipinski definition) is 4. The van der Waals surface area contributed by atoms with Crippen molar-refractivity contribution in [3.05, 3.63) is 23.8 Å². The van der Waals surface area contributed by atoms with Crippen molar-refractivity contribution >= 4 is 11.9 Å². The normalized spacial score (nSPS) is 16.8. The molecule has 1 fully saturated rings. The van der Waals surface area contributed by atoms with Gasteiger partial charge < -0.3 is 20.2 Å². The van der Waals surface area contributed by atoms with Crippen molar-refractivity contribution in [2.75, 3.05) is 13.1 Å². The third-order valence-corrected chi connectivity index (χ3v) is 3.53. The van der Waals surface area contributed by atoms with Crippen molar-refractivity contribution in [2.24, 2.45) is 11.8 Å². The van der Waals surface area contributed by atoms with Crippen molar-refractivity contribution in [1.82, 2.24) is 4.90 Å². The molecule has 0 radical (unpaired) electrons. The van der Waals surface area contributed by atoms with E-state index >= 15 is 0 Å². The zero-order valence-corrected chi connectivity index (χ0v) is 10.4. The second kappa shape index (κ2) is 4.79. The van der Waals surface area contributed by atoms with Crippen LogP contribution in [0, 0.1) is 11.8 Å². The lowest BCUT2D eigenvalue weighted by Gasteiger charge is -2.41. The number of nitrogens with zero attached hydrogens (tertiary/aromatic N) is 1. The molecule has 0 aliphatic carbocycles. The summed E-state index contributed by atoms with van der Waals surface area (Å²) in [5.74, 6) is -2.53. The van der Waals surface area contributed by atoms with Gasteiger partial charge in [-0.05, 0) is 12.1 Å². The van der Waals surface area contributed by atoms with E-state index in [0.29, 0.717) is 13.1 Å². The van der Waals surface area contributed by atoms with E-state index in [1.807, 2.05) is 0 Å². The first-order valence-electron chi connectivity index (χ1n) is 5.95. The molecule has 6 heteroatoms.